The van der Waals surface area contributed by atoms with E-state index >= 15 is 0 Å². The van der Waals surface area contributed by atoms with Crippen molar-refractivity contribution in [1.82, 2.24) is 15.1 Å². The third-order valence-electron chi connectivity index (χ3n) is 4.61. The van der Waals surface area contributed by atoms with Crippen molar-refractivity contribution in [1.29, 1.82) is 0 Å². The lowest BCUT2D eigenvalue weighted by Crippen LogP contribution is -2.36. The van der Waals surface area contributed by atoms with Crippen molar-refractivity contribution in [2.24, 2.45) is 0 Å². The number of hydrogen-bond donors (Lipinski definition) is 1. The molecule has 3 rings (SSSR count). The van der Waals surface area contributed by atoms with Gasteiger partial charge in [0.05, 0.1) is 11.1 Å². The number of amides is 3. The third-order valence-corrected chi connectivity index (χ3v) is 5.10. The van der Waals surface area contributed by atoms with Crippen LogP contribution in [0.2, 0.25) is 0 Å². The zero-order valence-electron chi connectivity index (χ0n) is 15.7. The van der Waals surface area contributed by atoms with Crippen LogP contribution in [0.25, 0.3) is 0 Å². The summed E-state index contributed by atoms with van der Waals surface area (Å²) in [5, 5.41) is 2.85. The highest BCUT2D eigenvalue weighted by molar-refractivity contribution is 9.10. The molecule has 1 heterocycles. The lowest BCUT2D eigenvalue weighted by Gasteiger charge is -2.17. The van der Waals surface area contributed by atoms with Gasteiger partial charge in [-0.2, -0.15) is 0 Å². The van der Waals surface area contributed by atoms with Crippen LogP contribution in [0.4, 0.5) is 0 Å². The lowest BCUT2D eigenvalue weighted by atomic mass is 10.1. The molecule has 6 nitrogen and oxygen atoms in total. The number of rotatable bonds is 8. The molecule has 3 amide bonds. The van der Waals surface area contributed by atoms with Gasteiger partial charge in [0.25, 0.3) is 11.8 Å². The Hall–Kier alpha value is -2.51. The van der Waals surface area contributed by atoms with Gasteiger partial charge in [0.1, 0.15) is 0 Å². The van der Waals surface area contributed by atoms with E-state index in [0.29, 0.717) is 24.2 Å². The van der Waals surface area contributed by atoms with E-state index in [1.54, 1.807) is 18.2 Å². The average molecular weight is 444 g/mol. The smallest absolute Gasteiger partial charge is 0.261 e. The van der Waals surface area contributed by atoms with Gasteiger partial charge in [-0.25, -0.2) is 0 Å². The third kappa shape index (κ3) is 4.85. The van der Waals surface area contributed by atoms with Crippen LogP contribution >= 0.6 is 15.9 Å². The van der Waals surface area contributed by atoms with Crippen molar-refractivity contribution in [3.63, 3.8) is 0 Å². The van der Waals surface area contributed by atoms with Crippen LogP contribution in [0.3, 0.4) is 0 Å². The zero-order valence-corrected chi connectivity index (χ0v) is 17.2. The number of nitrogens with zero attached hydrogens (tertiary/aromatic N) is 2. The van der Waals surface area contributed by atoms with E-state index in [4.69, 9.17) is 0 Å². The number of benzene rings is 2. The van der Waals surface area contributed by atoms with Crippen LogP contribution in [0.15, 0.2) is 53.0 Å². The number of likely N-dealkylation sites (N-methyl/N-ethyl adjacent to an activating group) is 1. The van der Waals surface area contributed by atoms with E-state index in [2.05, 4.69) is 38.3 Å². The molecule has 0 aromatic heterocycles. The Morgan fingerprint density at radius 1 is 1.07 bits per heavy atom. The van der Waals surface area contributed by atoms with Gasteiger partial charge in [-0.05, 0) is 30.8 Å². The molecule has 146 valence electrons. The first kappa shape index (κ1) is 20.2. The first-order valence-corrected chi connectivity index (χ1v) is 9.90. The summed E-state index contributed by atoms with van der Waals surface area (Å²) < 4.78 is 0.742. The van der Waals surface area contributed by atoms with Gasteiger partial charge in [0.15, 0.2) is 0 Å². The maximum Gasteiger partial charge on any atom is 0.261 e. The van der Waals surface area contributed by atoms with Crippen molar-refractivity contribution >= 4 is 33.7 Å². The van der Waals surface area contributed by atoms with Crippen LogP contribution in [0.5, 0.6) is 0 Å². The Labute approximate surface area is 172 Å². The Morgan fingerprint density at radius 3 is 2.54 bits per heavy atom. The quantitative estimate of drug-likeness (QED) is 0.636. The monoisotopic (exact) mass is 443 g/mol. The van der Waals surface area contributed by atoms with Crippen LogP contribution < -0.4 is 5.32 Å². The molecule has 0 aliphatic carbocycles. The van der Waals surface area contributed by atoms with E-state index in [1.807, 2.05) is 25.2 Å². The highest BCUT2D eigenvalue weighted by atomic mass is 79.9. The molecule has 1 aliphatic rings. The molecule has 0 radical (unpaired) electrons. The summed E-state index contributed by atoms with van der Waals surface area (Å²) in [7, 11) is 2.00. The van der Waals surface area contributed by atoms with E-state index in [0.717, 1.165) is 15.9 Å². The van der Waals surface area contributed by atoms with E-state index < -0.39 is 0 Å². The molecule has 0 spiro atoms. The second-order valence-electron chi connectivity index (χ2n) is 6.78. The zero-order chi connectivity index (χ0) is 20.1. The Morgan fingerprint density at radius 2 is 1.79 bits per heavy atom. The van der Waals surface area contributed by atoms with Gasteiger partial charge in [-0.15, -0.1) is 0 Å². The minimum atomic E-state index is -0.350. The Kier molecular flexibility index (Phi) is 6.59. The number of fused-ring (bicyclic) bond motifs is 1. The number of carbonyl (C=O) groups is 3. The van der Waals surface area contributed by atoms with Crippen LogP contribution in [0.1, 0.15) is 32.7 Å². The normalized spacial score (nSPS) is 13.2. The van der Waals surface area contributed by atoms with Crippen LogP contribution in [0, 0.1) is 0 Å². The number of nitrogens with one attached hydrogen (secondary N) is 1. The molecule has 2 aromatic rings. The van der Waals surface area contributed by atoms with Crippen LogP contribution in [-0.4, -0.2) is 54.2 Å². The fourth-order valence-electron chi connectivity index (χ4n) is 3.13. The van der Waals surface area contributed by atoms with Gasteiger partial charge in [0, 0.05) is 37.1 Å². The molecule has 2 aromatic carbocycles. The predicted molar refractivity (Wildman–Crippen MR) is 110 cm³/mol. The predicted octanol–water partition coefficient (Wildman–Crippen LogP) is 2.68. The highest BCUT2D eigenvalue weighted by Gasteiger charge is 2.35. The molecule has 7 heteroatoms. The van der Waals surface area contributed by atoms with E-state index in [1.165, 1.54) is 5.56 Å². The summed E-state index contributed by atoms with van der Waals surface area (Å²) in [4.78, 5) is 40.1. The summed E-state index contributed by atoms with van der Waals surface area (Å²) >= 11 is 3.31. The maximum atomic E-state index is 12.4. The molecule has 0 bridgehead atoms. The average Bonchev–Trinajstić information content (AvgIpc) is 2.90. The SMILES string of the molecule is CN(CCNC(=O)CCN1C(=O)c2ccc(Br)cc2C1=O)Cc1ccccc1. The standard InChI is InChI=1S/C21H22BrN3O3/c1-24(14-15-5-3-2-4-6-15)12-10-23-19(26)9-11-25-20(27)17-8-7-16(22)13-18(17)21(25)28/h2-8,13H,9-12,14H2,1H3,(H,23,26). The number of hydrogen-bond acceptors (Lipinski definition) is 4. The number of imide groups is 1. The molecule has 0 saturated carbocycles. The Balaban J connectivity index is 1.41. The second-order valence-corrected chi connectivity index (χ2v) is 7.69. The molecule has 0 saturated heterocycles. The maximum absolute atomic E-state index is 12.4. The second kappa shape index (κ2) is 9.12. The lowest BCUT2D eigenvalue weighted by molar-refractivity contribution is -0.121. The van der Waals surface area contributed by atoms with Crippen molar-refractivity contribution in [3.8, 4) is 0 Å². The summed E-state index contributed by atoms with van der Waals surface area (Å²) in [5.41, 5.74) is 1.98. The van der Waals surface area contributed by atoms with Gasteiger partial charge < -0.3 is 10.2 Å². The number of halogens is 1. The summed E-state index contributed by atoms with van der Waals surface area (Å²) in [6, 6.07) is 15.1. The van der Waals surface area contributed by atoms with E-state index in [9.17, 15) is 14.4 Å². The van der Waals surface area contributed by atoms with Crippen molar-refractivity contribution in [3.05, 3.63) is 69.7 Å². The van der Waals surface area contributed by atoms with Crippen LogP contribution in [-0.2, 0) is 11.3 Å². The highest BCUT2D eigenvalue weighted by Crippen LogP contribution is 2.26. The molecule has 0 fully saturated rings. The minimum Gasteiger partial charge on any atom is -0.355 e. The molecule has 0 atom stereocenters. The first-order valence-electron chi connectivity index (χ1n) is 9.10. The van der Waals surface area contributed by atoms with Crippen molar-refractivity contribution in [2.75, 3.05) is 26.7 Å². The molecule has 1 aliphatic heterocycles. The minimum absolute atomic E-state index is 0.0790. The fourth-order valence-corrected chi connectivity index (χ4v) is 3.49. The van der Waals surface area contributed by atoms with Gasteiger partial charge in [0.2, 0.25) is 5.91 Å². The largest absolute Gasteiger partial charge is 0.355 e. The van der Waals surface area contributed by atoms with Gasteiger partial charge in [-0.3, -0.25) is 19.3 Å². The van der Waals surface area contributed by atoms with Crippen molar-refractivity contribution < 1.29 is 14.4 Å². The molecular weight excluding hydrogens is 422 g/mol. The molecule has 0 unspecified atom stereocenters. The molecular formula is C21H22BrN3O3. The van der Waals surface area contributed by atoms with Gasteiger partial charge in [-0.1, -0.05) is 46.3 Å². The number of carbonyl (C=O) groups excluding carboxylic acids is 3. The van der Waals surface area contributed by atoms with Gasteiger partial charge >= 0.3 is 0 Å². The topological polar surface area (TPSA) is 69.7 Å². The fraction of sp³-hybridized carbons (Fsp3) is 0.286. The summed E-state index contributed by atoms with van der Waals surface area (Å²) in [6.45, 7) is 2.11. The molecule has 28 heavy (non-hydrogen) atoms. The first-order chi connectivity index (χ1) is 13.5. The van der Waals surface area contributed by atoms with E-state index in [-0.39, 0.29) is 30.7 Å². The Bertz CT molecular complexity index is 886. The summed E-state index contributed by atoms with van der Waals surface area (Å²) in [5.74, 6) is -0.870. The molecule has 1 N–H and O–H groups in total. The summed E-state index contributed by atoms with van der Waals surface area (Å²) in [6.07, 6.45) is 0.0923. The van der Waals surface area contributed by atoms with Crippen molar-refractivity contribution in [2.45, 2.75) is 13.0 Å².